The first-order chi connectivity index (χ1) is 8.30. The van der Waals surface area contributed by atoms with E-state index in [0.717, 1.165) is 29.1 Å². The summed E-state index contributed by atoms with van der Waals surface area (Å²) < 4.78 is 15.8. The van der Waals surface area contributed by atoms with Crippen LogP contribution in [0, 0.1) is 0 Å². The van der Waals surface area contributed by atoms with Gasteiger partial charge in [-0.3, -0.25) is 0 Å². The Morgan fingerprint density at radius 1 is 1.33 bits per heavy atom. The maximum atomic E-state index is 11.9. The van der Waals surface area contributed by atoms with Gasteiger partial charge in [0.25, 0.3) is 0 Å². The lowest BCUT2D eigenvalue weighted by Crippen LogP contribution is -2.26. The SMILES string of the molecule is C/C(CCc1ccccc1Cl)=N/[S+]([O-])C(C)(C)C. The first-order valence-electron chi connectivity index (χ1n) is 6.00. The summed E-state index contributed by atoms with van der Waals surface area (Å²) in [5, 5.41) is 0.780. The van der Waals surface area contributed by atoms with Crippen molar-refractivity contribution in [3.63, 3.8) is 0 Å². The van der Waals surface area contributed by atoms with Gasteiger partial charge in [-0.25, -0.2) is 0 Å². The highest BCUT2D eigenvalue weighted by molar-refractivity contribution is 7.91. The van der Waals surface area contributed by atoms with E-state index in [-0.39, 0.29) is 4.75 Å². The van der Waals surface area contributed by atoms with E-state index in [1.807, 2.05) is 52.0 Å². The number of benzene rings is 1. The van der Waals surface area contributed by atoms with Gasteiger partial charge in [-0.2, -0.15) is 0 Å². The zero-order valence-corrected chi connectivity index (χ0v) is 12.9. The Hall–Kier alpha value is -0.510. The first-order valence-corrected chi connectivity index (χ1v) is 7.49. The van der Waals surface area contributed by atoms with Gasteiger partial charge in [-0.05, 0) is 52.2 Å². The minimum atomic E-state index is -1.18. The summed E-state index contributed by atoms with van der Waals surface area (Å²) in [5.74, 6) is 0. The number of hydrogen-bond acceptors (Lipinski definition) is 2. The van der Waals surface area contributed by atoms with Crippen molar-refractivity contribution in [2.45, 2.75) is 45.3 Å². The fourth-order valence-electron chi connectivity index (χ4n) is 1.34. The molecule has 0 aliphatic heterocycles. The number of hydrogen-bond donors (Lipinski definition) is 0. The molecule has 0 spiro atoms. The largest absolute Gasteiger partial charge is 0.591 e. The summed E-state index contributed by atoms with van der Waals surface area (Å²) in [6, 6.07) is 7.79. The van der Waals surface area contributed by atoms with Gasteiger partial charge >= 0.3 is 0 Å². The lowest BCUT2D eigenvalue weighted by molar-refractivity contribution is 0.561. The smallest absolute Gasteiger partial charge is 0.144 e. The average molecular weight is 286 g/mol. The molecule has 0 aliphatic rings. The molecule has 100 valence electrons. The summed E-state index contributed by atoms with van der Waals surface area (Å²) >= 11 is 4.91. The van der Waals surface area contributed by atoms with Gasteiger partial charge in [0.05, 0.1) is 5.71 Å². The Labute approximate surface area is 118 Å². The van der Waals surface area contributed by atoms with E-state index >= 15 is 0 Å². The zero-order chi connectivity index (χ0) is 13.8. The summed E-state index contributed by atoms with van der Waals surface area (Å²) in [7, 11) is 0. The number of rotatable bonds is 4. The third kappa shape index (κ3) is 5.01. The van der Waals surface area contributed by atoms with Crippen LogP contribution in [-0.2, 0) is 17.8 Å². The Morgan fingerprint density at radius 2 is 1.94 bits per heavy atom. The highest BCUT2D eigenvalue weighted by Crippen LogP contribution is 2.19. The van der Waals surface area contributed by atoms with Crippen LogP contribution < -0.4 is 0 Å². The fraction of sp³-hybridized carbons (Fsp3) is 0.500. The van der Waals surface area contributed by atoms with Crippen LogP contribution in [0.1, 0.15) is 39.7 Å². The van der Waals surface area contributed by atoms with Crippen molar-refractivity contribution in [3.8, 4) is 0 Å². The van der Waals surface area contributed by atoms with Crippen LogP contribution in [0.5, 0.6) is 0 Å². The van der Waals surface area contributed by atoms with Crippen molar-refractivity contribution in [2.24, 2.45) is 4.40 Å². The topological polar surface area (TPSA) is 35.4 Å². The van der Waals surface area contributed by atoms with Gasteiger partial charge in [-0.15, -0.1) is 0 Å². The van der Waals surface area contributed by atoms with Crippen molar-refractivity contribution in [2.75, 3.05) is 0 Å². The number of halogens is 1. The molecular formula is C14H20ClNOS. The van der Waals surface area contributed by atoms with Gasteiger partial charge in [0.1, 0.15) is 16.1 Å². The molecule has 0 aromatic heterocycles. The second-order valence-corrected chi connectivity index (χ2v) is 7.59. The van der Waals surface area contributed by atoms with Crippen LogP contribution in [0.3, 0.4) is 0 Å². The molecule has 2 nitrogen and oxygen atoms in total. The molecule has 0 aliphatic carbocycles. The minimum absolute atomic E-state index is 0.300. The molecule has 18 heavy (non-hydrogen) atoms. The lowest BCUT2D eigenvalue weighted by atomic mass is 10.1. The Kier molecular flexibility index (Phi) is 5.70. The summed E-state index contributed by atoms with van der Waals surface area (Å²) in [5.41, 5.74) is 2.01. The maximum Gasteiger partial charge on any atom is 0.144 e. The van der Waals surface area contributed by atoms with Crippen LogP contribution >= 0.6 is 11.6 Å². The van der Waals surface area contributed by atoms with E-state index in [0.29, 0.717) is 0 Å². The first kappa shape index (κ1) is 15.5. The standard InChI is InChI=1S/C14H20ClNOS/c1-11(16-18(17)14(2,3)4)9-10-12-7-5-6-8-13(12)15/h5-8H,9-10H2,1-4H3/b16-11-. The van der Waals surface area contributed by atoms with E-state index in [4.69, 9.17) is 11.6 Å². The van der Waals surface area contributed by atoms with E-state index < -0.39 is 11.4 Å². The van der Waals surface area contributed by atoms with Gasteiger partial charge < -0.3 is 4.55 Å². The molecule has 1 atom stereocenters. The van der Waals surface area contributed by atoms with Gasteiger partial charge in [0.2, 0.25) is 0 Å². The second kappa shape index (κ2) is 6.60. The Morgan fingerprint density at radius 3 is 2.50 bits per heavy atom. The second-order valence-electron chi connectivity index (χ2n) is 5.28. The number of nitrogens with zero attached hydrogens (tertiary/aromatic N) is 1. The quantitative estimate of drug-likeness (QED) is 0.603. The normalized spacial score (nSPS) is 14.7. The van der Waals surface area contributed by atoms with Crippen molar-refractivity contribution in [1.29, 1.82) is 0 Å². The molecule has 0 fully saturated rings. The molecule has 0 saturated heterocycles. The van der Waals surface area contributed by atoms with Crippen LogP contribution in [0.2, 0.25) is 5.02 Å². The molecule has 1 aromatic rings. The predicted octanol–water partition coefficient (Wildman–Crippen LogP) is 4.20. The summed E-state index contributed by atoms with van der Waals surface area (Å²) in [4.78, 5) is 0. The highest BCUT2D eigenvalue weighted by Gasteiger charge is 2.26. The van der Waals surface area contributed by atoms with E-state index in [1.54, 1.807) is 0 Å². The zero-order valence-electron chi connectivity index (χ0n) is 11.4. The molecule has 0 bridgehead atoms. The van der Waals surface area contributed by atoms with Crippen LogP contribution in [-0.4, -0.2) is 15.0 Å². The summed E-state index contributed by atoms with van der Waals surface area (Å²) in [6.07, 6.45) is 1.61. The highest BCUT2D eigenvalue weighted by atomic mass is 35.5. The fourth-order valence-corrected chi connectivity index (χ4v) is 2.22. The van der Waals surface area contributed by atoms with E-state index in [2.05, 4.69) is 4.40 Å². The molecule has 0 amide bonds. The minimum Gasteiger partial charge on any atom is -0.591 e. The monoisotopic (exact) mass is 285 g/mol. The van der Waals surface area contributed by atoms with Crippen molar-refractivity contribution in [3.05, 3.63) is 34.9 Å². The van der Waals surface area contributed by atoms with Crippen LogP contribution in [0.15, 0.2) is 28.7 Å². The molecule has 0 N–H and O–H groups in total. The third-order valence-corrected chi connectivity index (χ3v) is 4.37. The Balaban J connectivity index is 2.59. The molecule has 0 heterocycles. The number of aryl methyl sites for hydroxylation is 1. The van der Waals surface area contributed by atoms with E-state index in [1.165, 1.54) is 0 Å². The van der Waals surface area contributed by atoms with Crippen molar-refractivity contribution >= 4 is 28.7 Å². The average Bonchev–Trinajstić information content (AvgIpc) is 2.26. The molecule has 0 radical (unpaired) electrons. The lowest BCUT2D eigenvalue weighted by Gasteiger charge is -2.18. The maximum absolute atomic E-state index is 11.9. The van der Waals surface area contributed by atoms with Crippen molar-refractivity contribution in [1.82, 2.24) is 0 Å². The molecule has 1 aromatic carbocycles. The molecule has 4 heteroatoms. The van der Waals surface area contributed by atoms with Gasteiger partial charge in [0, 0.05) is 5.02 Å². The predicted molar refractivity (Wildman–Crippen MR) is 80.8 cm³/mol. The van der Waals surface area contributed by atoms with Crippen LogP contribution in [0.4, 0.5) is 0 Å². The molecule has 0 saturated carbocycles. The third-order valence-electron chi connectivity index (χ3n) is 2.48. The molecule has 1 rings (SSSR count). The van der Waals surface area contributed by atoms with Crippen molar-refractivity contribution < 1.29 is 4.55 Å². The van der Waals surface area contributed by atoms with Gasteiger partial charge in [0.15, 0.2) is 0 Å². The summed E-state index contributed by atoms with van der Waals surface area (Å²) in [6.45, 7) is 7.69. The molecule has 1 unspecified atom stereocenters. The Bertz CT molecular complexity index is 426. The molecular weight excluding hydrogens is 266 g/mol. The van der Waals surface area contributed by atoms with Crippen LogP contribution in [0.25, 0.3) is 0 Å². The van der Waals surface area contributed by atoms with Gasteiger partial charge in [-0.1, -0.05) is 34.2 Å². The van der Waals surface area contributed by atoms with E-state index in [9.17, 15) is 4.55 Å².